The standard InChI is InChI=1S/C21H19FN8O2/c1-13-19(27-28-30(13)18-9-3-15(22)4-10-18)21(32)26-17-7-5-16(6-8-17)25-20(31)14(2)29-12-23-11-24-29/h3-12,14H,1-2H3,(H,25,31)(H,26,32). The van der Waals surface area contributed by atoms with Crippen LogP contribution in [0.25, 0.3) is 5.69 Å². The lowest BCUT2D eigenvalue weighted by molar-refractivity contribution is -0.119. The van der Waals surface area contributed by atoms with E-state index >= 15 is 0 Å². The Morgan fingerprint density at radius 3 is 2.28 bits per heavy atom. The van der Waals surface area contributed by atoms with Gasteiger partial charge in [0, 0.05) is 11.4 Å². The summed E-state index contributed by atoms with van der Waals surface area (Å²) in [5.41, 5.74) is 2.34. The van der Waals surface area contributed by atoms with E-state index in [9.17, 15) is 14.0 Å². The molecule has 1 atom stereocenters. The zero-order chi connectivity index (χ0) is 22.7. The van der Waals surface area contributed by atoms with E-state index in [4.69, 9.17) is 0 Å². The second kappa shape index (κ2) is 8.76. The van der Waals surface area contributed by atoms with Crippen LogP contribution < -0.4 is 10.6 Å². The zero-order valence-corrected chi connectivity index (χ0v) is 17.2. The van der Waals surface area contributed by atoms with Crippen LogP contribution in [-0.2, 0) is 4.79 Å². The Hall–Kier alpha value is -4.41. The number of aromatic nitrogens is 6. The van der Waals surface area contributed by atoms with Gasteiger partial charge >= 0.3 is 0 Å². The van der Waals surface area contributed by atoms with Crippen molar-refractivity contribution in [2.24, 2.45) is 0 Å². The maximum Gasteiger partial charge on any atom is 0.278 e. The Balaban J connectivity index is 1.41. The first-order valence-corrected chi connectivity index (χ1v) is 9.67. The summed E-state index contributed by atoms with van der Waals surface area (Å²) in [6.07, 6.45) is 2.83. The summed E-state index contributed by atoms with van der Waals surface area (Å²) in [5, 5.41) is 17.4. The molecular formula is C21H19FN8O2. The lowest BCUT2D eigenvalue weighted by Crippen LogP contribution is -2.24. The second-order valence-electron chi connectivity index (χ2n) is 6.98. The lowest BCUT2D eigenvalue weighted by atomic mass is 10.2. The predicted octanol–water partition coefficient (Wildman–Crippen LogP) is 2.76. The summed E-state index contributed by atoms with van der Waals surface area (Å²) < 4.78 is 16.1. The van der Waals surface area contributed by atoms with Crippen molar-refractivity contribution >= 4 is 23.2 Å². The molecule has 32 heavy (non-hydrogen) atoms. The van der Waals surface area contributed by atoms with Crippen LogP contribution in [0.5, 0.6) is 0 Å². The second-order valence-corrected chi connectivity index (χ2v) is 6.98. The minimum atomic E-state index is -0.524. The first-order valence-electron chi connectivity index (χ1n) is 9.67. The van der Waals surface area contributed by atoms with E-state index in [1.165, 1.54) is 34.2 Å². The van der Waals surface area contributed by atoms with Crippen molar-refractivity contribution in [1.82, 2.24) is 29.8 Å². The summed E-state index contributed by atoms with van der Waals surface area (Å²) >= 11 is 0. The van der Waals surface area contributed by atoms with Gasteiger partial charge in [-0.1, -0.05) is 5.21 Å². The molecule has 2 N–H and O–H groups in total. The van der Waals surface area contributed by atoms with Gasteiger partial charge in [0.1, 0.15) is 24.5 Å². The van der Waals surface area contributed by atoms with E-state index in [1.54, 1.807) is 50.2 Å². The van der Waals surface area contributed by atoms with Crippen LogP contribution in [0.1, 0.15) is 29.1 Å². The molecule has 162 valence electrons. The number of carbonyl (C=O) groups excluding carboxylic acids is 2. The number of amides is 2. The minimum Gasteiger partial charge on any atom is -0.324 e. The Morgan fingerprint density at radius 1 is 1.00 bits per heavy atom. The topological polar surface area (TPSA) is 120 Å². The van der Waals surface area contributed by atoms with Crippen LogP contribution in [0.4, 0.5) is 15.8 Å². The number of hydrogen-bond acceptors (Lipinski definition) is 6. The molecule has 11 heteroatoms. The van der Waals surface area contributed by atoms with Gasteiger partial charge in [-0.3, -0.25) is 9.59 Å². The minimum absolute atomic E-state index is 0.147. The van der Waals surface area contributed by atoms with Crippen molar-refractivity contribution in [3.63, 3.8) is 0 Å². The number of carbonyl (C=O) groups is 2. The third-order valence-electron chi connectivity index (χ3n) is 4.80. The van der Waals surface area contributed by atoms with Gasteiger partial charge in [-0.2, -0.15) is 5.10 Å². The van der Waals surface area contributed by atoms with E-state index in [2.05, 4.69) is 31.0 Å². The molecule has 2 amide bonds. The molecule has 1 unspecified atom stereocenters. The normalized spacial score (nSPS) is 11.7. The molecule has 0 aliphatic rings. The lowest BCUT2D eigenvalue weighted by Gasteiger charge is -2.12. The van der Waals surface area contributed by atoms with Gasteiger partial charge in [0.05, 0.1) is 11.4 Å². The molecule has 2 aromatic heterocycles. The fourth-order valence-corrected chi connectivity index (χ4v) is 2.98. The molecule has 10 nitrogen and oxygen atoms in total. The third-order valence-corrected chi connectivity index (χ3v) is 4.80. The van der Waals surface area contributed by atoms with Gasteiger partial charge in [0.25, 0.3) is 5.91 Å². The Labute approximate surface area is 182 Å². The Kier molecular flexibility index (Phi) is 5.71. The SMILES string of the molecule is Cc1c(C(=O)Nc2ccc(NC(=O)C(C)n3cncn3)cc2)nnn1-c1ccc(F)cc1. The highest BCUT2D eigenvalue weighted by Crippen LogP contribution is 2.18. The van der Waals surface area contributed by atoms with Crippen molar-refractivity contribution < 1.29 is 14.0 Å². The van der Waals surface area contributed by atoms with Crippen LogP contribution in [0.15, 0.2) is 61.2 Å². The van der Waals surface area contributed by atoms with Crippen molar-refractivity contribution in [2.75, 3.05) is 10.6 Å². The number of anilines is 2. The van der Waals surface area contributed by atoms with E-state index in [0.29, 0.717) is 22.8 Å². The van der Waals surface area contributed by atoms with Gasteiger partial charge in [0.15, 0.2) is 5.69 Å². The van der Waals surface area contributed by atoms with Crippen LogP contribution in [0.2, 0.25) is 0 Å². The Morgan fingerprint density at radius 2 is 1.66 bits per heavy atom. The van der Waals surface area contributed by atoms with Crippen molar-refractivity contribution in [3.05, 3.63) is 78.4 Å². The summed E-state index contributed by atoms with van der Waals surface area (Å²) in [4.78, 5) is 28.8. The van der Waals surface area contributed by atoms with Crippen molar-refractivity contribution in [3.8, 4) is 5.69 Å². The number of benzene rings is 2. The fraction of sp³-hybridized carbons (Fsp3) is 0.143. The summed E-state index contributed by atoms with van der Waals surface area (Å²) in [7, 11) is 0. The molecule has 0 saturated heterocycles. The van der Waals surface area contributed by atoms with Crippen LogP contribution in [-0.4, -0.2) is 41.6 Å². The maximum absolute atomic E-state index is 13.1. The third kappa shape index (κ3) is 4.36. The van der Waals surface area contributed by atoms with Gasteiger partial charge in [-0.25, -0.2) is 18.7 Å². The van der Waals surface area contributed by atoms with Crippen LogP contribution >= 0.6 is 0 Å². The zero-order valence-electron chi connectivity index (χ0n) is 17.2. The average Bonchev–Trinajstić information content (AvgIpc) is 3.45. The average molecular weight is 434 g/mol. The quantitative estimate of drug-likeness (QED) is 0.482. The number of halogens is 1. The Bertz CT molecular complexity index is 1230. The molecule has 0 bridgehead atoms. The molecule has 0 spiro atoms. The molecule has 2 heterocycles. The highest BCUT2D eigenvalue weighted by atomic mass is 19.1. The van der Waals surface area contributed by atoms with Gasteiger partial charge in [-0.05, 0) is 62.4 Å². The maximum atomic E-state index is 13.1. The molecule has 0 saturated carbocycles. The van der Waals surface area contributed by atoms with Gasteiger partial charge in [0.2, 0.25) is 5.91 Å². The van der Waals surface area contributed by atoms with Crippen molar-refractivity contribution in [1.29, 1.82) is 0 Å². The van der Waals surface area contributed by atoms with Gasteiger partial charge < -0.3 is 10.6 Å². The summed E-state index contributed by atoms with van der Waals surface area (Å²) in [6, 6.07) is 11.9. The first kappa shape index (κ1) is 20.8. The largest absolute Gasteiger partial charge is 0.324 e. The molecule has 0 aliphatic carbocycles. The highest BCUT2D eigenvalue weighted by molar-refractivity contribution is 6.03. The molecular weight excluding hydrogens is 415 g/mol. The molecule has 4 rings (SSSR count). The number of rotatable bonds is 6. The smallest absolute Gasteiger partial charge is 0.278 e. The highest BCUT2D eigenvalue weighted by Gasteiger charge is 2.18. The van der Waals surface area contributed by atoms with Gasteiger partial charge in [-0.15, -0.1) is 5.10 Å². The molecule has 0 fully saturated rings. The molecule has 0 aliphatic heterocycles. The van der Waals surface area contributed by atoms with Crippen LogP contribution in [0, 0.1) is 12.7 Å². The van der Waals surface area contributed by atoms with E-state index in [0.717, 1.165) is 0 Å². The number of nitrogens with one attached hydrogen (secondary N) is 2. The summed E-state index contributed by atoms with van der Waals surface area (Å²) in [5.74, 6) is -1.05. The van der Waals surface area contributed by atoms with Crippen molar-refractivity contribution in [2.45, 2.75) is 19.9 Å². The molecule has 4 aromatic rings. The first-order chi connectivity index (χ1) is 15.4. The number of hydrogen-bond donors (Lipinski definition) is 2. The van der Waals surface area contributed by atoms with Crippen LogP contribution in [0.3, 0.4) is 0 Å². The summed E-state index contributed by atoms with van der Waals surface area (Å²) in [6.45, 7) is 3.41. The monoisotopic (exact) mass is 434 g/mol. The van der Waals surface area contributed by atoms with E-state index < -0.39 is 11.9 Å². The fourth-order valence-electron chi connectivity index (χ4n) is 2.98. The van der Waals surface area contributed by atoms with E-state index in [-0.39, 0.29) is 17.4 Å². The molecule has 0 radical (unpaired) electrons. The molecule has 2 aromatic carbocycles. The van der Waals surface area contributed by atoms with E-state index in [1.807, 2.05) is 0 Å². The predicted molar refractivity (Wildman–Crippen MR) is 114 cm³/mol. The number of nitrogens with zero attached hydrogens (tertiary/aromatic N) is 6.